The first kappa shape index (κ1) is 21.2. The first-order valence-corrected chi connectivity index (χ1v) is 11.3. The van der Waals surface area contributed by atoms with Crippen LogP contribution in [0.25, 0.3) is 0 Å². The van der Waals surface area contributed by atoms with E-state index in [0.29, 0.717) is 29.4 Å². The van der Waals surface area contributed by atoms with Crippen LogP contribution in [0.2, 0.25) is 0 Å². The molecule has 1 aromatic heterocycles. The number of thiazole rings is 1. The Hall–Kier alpha value is -3.06. The molecule has 1 atom stereocenters. The molecule has 0 bridgehead atoms. The van der Waals surface area contributed by atoms with Crippen LogP contribution in [0.5, 0.6) is 0 Å². The molecule has 7 heteroatoms. The molecule has 1 aliphatic rings. The standard InChI is InChI=1S/C24H24FN3O2S/c1-2-16-8-10-17(11-9-16)23(18-5-3-6-19(25)13-18)27-21(29)14-20-15-31-24(26-20)28-12-4-7-22(28)30/h3,5-6,8-11,13,15,23H,2,4,7,12,14H2,1H3,(H,27,29). The maximum atomic E-state index is 13.9. The summed E-state index contributed by atoms with van der Waals surface area (Å²) in [6.45, 7) is 2.76. The van der Waals surface area contributed by atoms with Crippen molar-refractivity contribution in [3.05, 3.63) is 82.1 Å². The predicted molar refractivity (Wildman–Crippen MR) is 120 cm³/mol. The fourth-order valence-corrected chi connectivity index (χ4v) is 4.59. The smallest absolute Gasteiger partial charge is 0.228 e. The summed E-state index contributed by atoms with van der Waals surface area (Å²) in [4.78, 5) is 30.9. The van der Waals surface area contributed by atoms with Crippen molar-refractivity contribution in [2.75, 3.05) is 11.4 Å². The number of amides is 2. The molecule has 0 radical (unpaired) electrons. The Kier molecular flexibility index (Phi) is 6.42. The van der Waals surface area contributed by atoms with Crippen molar-refractivity contribution in [1.82, 2.24) is 10.3 Å². The topological polar surface area (TPSA) is 62.3 Å². The molecule has 2 heterocycles. The largest absolute Gasteiger partial charge is 0.345 e. The SMILES string of the molecule is CCc1ccc(C(NC(=O)Cc2csc(N3CCCC3=O)n2)c2cccc(F)c2)cc1. The number of hydrogen-bond donors (Lipinski definition) is 1. The first-order valence-electron chi connectivity index (χ1n) is 10.4. The van der Waals surface area contributed by atoms with Crippen LogP contribution in [0, 0.1) is 5.82 Å². The summed E-state index contributed by atoms with van der Waals surface area (Å²) in [5, 5.41) is 5.48. The monoisotopic (exact) mass is 437 g/mol. The molecule has 160 valence electrons. The van der Waals surface area contributed by atoms with E-state index in [4.69, 9.17) is 0 Å². The van der Waals surface area contributed by atoms with Crippen molar-refractivity contribution < 1.29 is 14.0 Å². The van der Waals surface area contributed by atoms with E-state index in [1.165, 1.54) is 29.0 Å². The lowest BCUT2D eigenvalue weighted by Crippen LogP contribution is -2.31. The summed E-state index contributed by atoms with van der Waals surface area (Å²) < 4.78 is 13.9. The van der Waals surface area contributed by atoms with Crippen molar-refractivity contribution in [3.8, 4) is 0 Å². The molecule has 1 saturated heterocycles. The van der Waals surface area contributed by atoms with E-state index < -0.39 is 6.04 Å². The maximum Gasteiger partial charge on any atom is 0.228 e. The van der Waals surface area contributed by atoms with E-state index in [1.807, 2.05) is 35.7 Å². The highest BCUT2D eigenvalue weighted by molar-refractivity contribution is 7.14. The number of nitrogens with one attached hydrogen (secondary N) is 1. The number of nitrogens with zero attached hydrogens (tertiary/aromatic N) is 2. The number of carbonyl (C=O) groups is 2. The third-order valence-corrected chi connectivity index (χ3v) is 6.31. The molecule has 0 saturated carbocycles. The van der Waals surface area contributed by atoms with Gasteiger partial charge in [0.25, 0.3) is 0 Å². The van der Waals surface area contributed by atoms with E-state index in [1.54, 1.807) is 11.0 Å². The third kappa shape index (κ3) is 4.99. The van der Waals surface area contributed by atoms with Gasteiger partial charge in [0.2, 0.25) is 11.8 Å². The maximum absolute atomic E-state index is 13.9. The second-order valence-corrected chi connectivity index (χ2v) is 8.43. The Labute approximate surface area is 184 Å². The molecular formula is C24H24FN3O2S. The van der Waals surface area contributed by atoms with E-state index in [-0.39, 0.29) is 24.1 Å². The zero-order chi connectivity index (χ0) is 21.8. The fourth-order valence-electron chi connectivity index (χ4n) is 3.72. The molecule has 1 unspecified atom stereocenters. The summed E-state index contributed by atoms with van der Waals surface area (Å²) in [6, 6.07) is 13.8. The molecule has 3 aromatic rings. The minimum Gasteiger partial charge on any atom is -0.345 e. The number of anilines is 1. The van der Waals surface area contributed by atoms with Gasteiger partial charge in [-0.25, -0.2) is 9.37 Å². The highest BCUT2D eigenvalue weighted by atomic mass is 32.1. The summed E-state index contributed by atoms with van der Waals surface area (Å²) in [7, 11) is 0. The number of aromatic nitrogens is 1. The average Bonchev–Trinajstić information content (AvgIpc) is 3.40. The lowest BCUT2D eigenvalue weighted by atomic mass is 9.97. The van der Waals surface area contributed by atoms with Crippen LogP contribution >= 0.6 is 11.3 Å². The van der Waals surface area contributed by atoms with Crippen molar-refractivity contribution >= 4 is 28.3 Å². The minimum atomic E-state index is -0.465. The van der Waals surface area contributed by atoms with Gasteiger partial charge >= 0.3 is 0 Å². The summed E-state index contributed by atoms with van der Waals surface area (Å²) in [5.41, 5.74) is 3.38. The second-order valence-electron chi connectivity index (χ2n) is 7.60. The molecule has 1 N–H and O–H groups in total. The molecule has 2 amide bonds. The first-order chi connectivity index (χ1) is 15.0. The van der Waals surface area contributed by atoms with Gasteiger partial charge in [-0.2, -0.15) is 0 Å². The van der Waals surface area contributed by atoms with E-state index >= 15 is 0 Å². The fraction of sp³-hybridized carbons (Fsp3) is 0.292. The van der Waals surface area contributed by atoms with Crippen molar-refractivity contribution in [3.63, 3.8) is 0 Å². The third-order valence-electron chi connectivity index (χ3n) is 5.39. The van der Waals surface area contributed by atoms with E-state index in [9.17, 15) is 14.0 Å². The normalized spacial score (nSPS) is 14.6. The van der Waals surface area contributed by atoms with Crippen LogP contribution in [0.4, 0.5) is 9.52 Å². The second kappa shape index (κ2) is 9.39. The lowest BCUT2D eigenvalue weighted by Gasteiger charge is -2.20. The highest BCUT2D eigenvalue weighted by Gasteiger charge is 2.25. The van der Waals surface area contributed by atoms with Gasteiger partial charge in [0.1, 0.15) is 5.82 Å². The van der Waals surface area contributed by atoms with Gasteiger partial charge < -0.3 is 5.32 Å². The van der Waals surface area contributed by atoms with Gasteiger partial charge in [0, 0.05) is 18.3 Å². The van der Waals surface area contributed by atoms with Gasteiger partial charge in [0.05, 0.1) is 18.2 Å². The van der Waals surface area contributed by atoms with Crippen molar-refractivity contribution in [2.24, 2.45) is 0 Å². The average molecular weight is 438 g/mol. The van der Waals surface area contributed by atoms with Crippen LogP contribution < -0.4 is 10.2 Å². The summed E-state index contributed by atoms with van der Waals surface area (Å²) >= 11 is 1.37. The van der Waals surface area contributed by atoms with E-state index in [2.05, 4.69) is 17.2 Å². The summed E-state index contributed by atoms with van der Waals surface area (Å²) in [5.74, 6) is -0.480. The van der Waals surface area contributed by atoms with Crippen molar-refractivity contribution in [2.45, 2.75) is 38.6 Å². The Balaban J connectivity index is 1.51. The Bertz CT molecular complexity index is 1080. The van der Waals surface area contributed by atoms with Crippen LogP contribution in [0.15, 0.2) is 53.9 Å². The molecule has 0 aliphatic carbocycles. The molecule has 31 heavy (non-hydrogen) atoms. The van der Waals surface area contributed by atoms with Crippen LogP contribution in [0.3, 0.4) is 0 Å². The van der Waals surface area contributed by atoms with E-state index in [0.717, 1.165) is 18.4 Å². The highest BCUT2D eigenvalue weighted by Crippen LogP contribution is 2.26. The van der Waals surface area contributed by atoms with Crippen LogP contribution in [0.1, 0.15) is 48.2 Å². The summed E-state index contributed by atoms with van der Waals surface area (Å²) in [6.07, 6.45) is 2.39. The van der Waals surface area contributed by atoms with Crippen LogP contribution in [-0.2, 0) is 22.4 Å². The minimum absolute atomic E-state index is 0.0760. The van der Waals surface area contributed by atoms with Gasteiger partial charge in [-0.1, -0.05) is 43.3 Å². The van der Waals surface area contributed by atoms with Gasteiger partial charge in [-0.15, -0.1) is 11.3 Å². The quantitative estimate of drug-likeness (QED) is 0.595. The number of benzene rings is 2. The molecule has 1 fully saturated rings. The predicted octanol–water partition coefficient (Wildman–Crippen LogP) is 4.42. The number of carbonyl (C=O) groups excluding carboxylic acids is 2. The molecule has 0 spiro atoms. The zero-order valence-corrected chi connectivity index (χ0v) is 18.1. The lowest BCUT2D eigenvalue weighted by molar-refractivity contribution is -0.121. The van der Waals surface area contributed by atoms with Gasteiger partial charge in [-0.05, 0) is 41.7 Å². The number of rotatable bonds is 7. The number of aryl methyl sites for hydroxylation is 1. The van der Waals surface area contributed by atoms with Crippen LogP contribution in [-0.4, -0.2) is 23.3 Å². The van der Waals surface area contributed by atoms with Gasteiger partial charge in [-0.3, -0.25) is 14.5 Å². The molecule has 1 aliphatic heterocycles. The molecular weight excluding hydrogens is 413 g/mol. The van der Waals surface area contributed by atoms with Gasteiger partial charge in [0.15, 0.2) is 5.13 Å². The molecule has 2 aromatic carbocycles. The molecule has 5 nitrogen and oxygen atoms in total. The Morgan fingerprint density at radius 3 is 2.71 bits per heavy atom. The Morgan fingerprint density at radius 2 is 2.03 bits per heavy atom. The number of hydrogen-bond acceptors (Lipinski definition) is 4. The van der Waals surface area contributed by atoms with Crippen molar-refractivity contribution in [1.29, 1.82) is 0 Å². The number of halogens is 1. The molecule has 4 rings (SSSR count). The Morgan fingerprint density at radius 1 is 1.23 bits per heavy atom. The zero-order valence-electron chi connectivity index (χ0n) is 17.3.